The topological polar surface area (TPSA) is 38.0 Å². The second-order valence-electron chi connectivity index (χ2n) is 4.45. The Morgan fingerprint density at radius 1 is 1.26 bits per heavy atom. The normalized spacial score (nSPS) is 12.2. The summed E-state index contributed by atoms with van der Waals surface area (Å²) in [5.74, 6) is -0.417. The second-order valence-corrected chi connectivity index (χ2v) is 4.85. The standard InChI is InChI=1S/C15H16ClFN2/c1-10-4-2-5-11(8-10)19-14(9-18)12-6-3-7-13(16)15(12)17/h2-8,14,19H,9,18H2,1H3. The molecule has 4 heteroatoms. The van der Waals surface area contributed by atoms with Gasteiger partial charge in [-0.15, -0.1) is 0 Å². The van der Waals surface area contributed by atoms with Crippen LogP contribution in [-0.4, -0.2) is 6.54 Å². The van der Waals surface area contributed by atoms with Crippen LogP contribution in [-0.2, 0) is 0 Å². The SMILES string of the molecule is Cc1cccc(NC(CN)c2cccc(Cl)c2F)c1. The number of nitrogens with two attached hydrogens (primary N) is 1. The molecule has 19 heavy (non-hydrogen) atoms. The Labute approximate surface area is 117 Å². The van der Waals surface area contributed by atoms with Crippen molar-refractivity contribution >= 4 is 17.3 Å². The first-order valence-electron chi connectivity index (χ1n) is 6.09. The number of benzene rings is 2. The summed E-state index contributed by atoms with van der Waals surface area (Å²) in [7, 11) is 0. The fourth-order valence-corrected chi connectivity index (χ4v) is 2.17. The van der Waals surface area contributed by atoms with Crippen LogP contribution in [0.2, 0.25) is 5.02 Å². The zero-order valence-corrected chi connectivity index (χ0v) is 11.4. The number of hydrogen-bond acceptors (Lipinski definition) is 2. The first-order chi connectivity index (χ1) is 9.11. The fraction of sp³-hybridized carbons (Fsp3) is 0.200. The van der Waals surface area contributed by atoms with Crippen molar-refractivity contribution in [3.63, 3.8) is 0 Å². The van der Waals surface area contributed by atoms with Crippen molar-refractivity contribution in [3.8, 4) is 0 Å². The molecule has 0 fully saturated rings. The van der Waals surface area contributed by atoms with E-state index in [4.69, 9.17) is 17.3 Å². The van der Waals surface area contributed by atoms with Gasteiger partial charge in [-0.2, -0.15) is 0 Å². The van der Waals surface area contributed by atoms with Crippen LogP contribution < -0.4 is 11.1 Å². The van der Waals surface area contributed by atoms with Crippen molar-refractivity contribution < 1.29 is 4.39 Å². The number of hydrogen-bond donors (Lipinski definition) is 2. The molecular weight excluding hydrogens is 263 g/mol. The molecule has 0 saturated heterocycles. The Bertz CT molecular complexity index is 572. The summed E-state index contributed by atoms with van der Waals surface area (Å²) >= 11 is 5.80. The van der Waals surface area contributed by atoms with E-state index in [1.54, 1.807) is 12.1 Å². The predicted octanol–water partition coefficient (Wildman–Crippen LogP) is 3.90. The Balaban J connectivity index is 2.28. The van der Waals surface area contributed by atoms with E-state index in [1.807, 2.05) is 31.2 Å². The third-order valence-electron chi connectivity index (χ3n) is 2.95. The van der Waals surface area contributed by atoms with Crippen molar-refractivity contribution in [1.82, 2.24) is 0 Å². The van der Waals surface area contributed by atoms with Gasteiger partial charge in [-0.3, -0.25) is 0 Å². The highest BCUT2D eigenvalue weighted by Crippen LogP contribution is 2.26. The molecule has 2 aromatic carbocycles. The van der Waals surface area contributed by atoms with Gasteiger partial charge in [-0.05, 0) is 30.7 Å². The molecule has 0 radical (unpaired) electrons. The quantitative estimate of drug-likeness (QED) is 0.890. The van der Waals surface area contributed by atoms with Gasteiger partial charge in [0.05, 0.1) is 11.1 Å². The zero-order chi connectivity index (χ0) is 13.8. The average molecular weight is 279 g/mol. The summed E-state index contributed by atoms with van der Waals surface area (Å²) < 4.78 is 14.0. The lowest BCUT2D eigenvalue weighted by Crippen LogP contribution is -2.21. The molecule has 0 aliphatic carbocycles. The highest BCUT2D eigenvalue weighted by molar-refractivity contribution is 6.30. The molecule has 2 aromatic rings. The first kappa shape index (κ1) is 13.8. The van der Waals surface area contributed by atoms with Crippen LogP contribution >= 0.6 is 11.6 Å². The van der Waals surface area contributed by atoms with Crippen LogP contribution in [0.3, 0.4) is 0 Å². The Kier molecular flexibility index (Phi) is 4.40. The van der Waals surface area contributed by atoms with Gasteiger partial charge in [-0.1, -0.05) is 35.9 Å². The number of aryl methyl sites for hydroxylation is 1. The summed E-state index contributed by atoms with van der Waals surface area (Å²) in [6, 6.07) is 12.5. The van der Waals surface area contributed by atoms with E-state index in [0.717, 1.165) is 11.3 Å². The number of halogens is 2. The van der Waals surface area contributed by atoms with Crippen LogP contribution in [0.25, 0.3) is 0 Å². The van der Waals surface area contributed by atoms with Gasteiger partial charge in [0.25, 0.3) is 0 Å². The molecule has 0 aliphatic heterocycles. The maximum Gasteiger partial charge on any atom is 0.147 e. The predicted molar refractivity (Wildman–Crippen MR) is 78.0 cm³/mol. The lowest BCUT2D eigenvalue weighted by Gasteiger charge is -2.20. The Morgan fingerprint density at radius 2 is 2.00 bits per heavy atom. The summed E-state index contributed by atoms with van der Waals surface area (Å²) in [5.41, 5.74) is 8.26. The summed E-state index contributed by atoms with van der Waals surface area (Å²) in [6.45, 7) is 2.29. The van der Waals surface area contributed by atoms with Gasteiger partial charge in [0, 0.05) is 17.8 Å². The van der Waals surface area contributed by atoms with Gasteiger partial charge < -0.3 is 11.1 Å². The van der Waals surface area contributed by atoms with Crippen molar-refractivity contribution in [2.24, 2.45) is 5.73 Å². The van der Waals surface area contributed by atoms with Crippen LogP contribution in [0.5, 0.6) is 0 Å². The molecule has 0 saturated carbocycles. The lowest BCUT2D eigenvalue weighted by atomic mass is 10.1. The van der Waals surface area contributed by atoms with Crippen molar-refractivity contribution in [1.29, 1.82) is 0 Å². The summed E-state index contributed by atoms with van der Waals surface area (Å²) in [5, 5.41) is 3.34. The molecule has 1 unspecified atom stereocenters. The number of anilines is 1. The van der Waals surface area contributed by atoms with E-state index in [2.05, 4.69) is 5.32 Å². The van der Waals surface area contributed by atoms with Crippen molar-refractivity contribution in [2.45, 2.75) is 13.0 Å². The first-order valence-corrected chi connectivity index (χ1v) is 6.47. The second kappa shape index (κ2) is 6.04. The molecule has 0 amide bonds. The molecule has 2 rings (SSSR count). The number of rotatable bonds is 4. The molecule has 0 spiro atoms. The minimum absolute atomic E-state index is 0.113. The maximum absolute atomic E-state index is 14.0. The highest BCUT2D eigenvalue weighted by atomic mass is 35.5. The van der Waals surface area contributed by atoms with Crippen molar-refractivity contribution in [3.05, 3.63) is 64.4 Å². The molecule has 100 valence electrons. The van der Waals surface area contributed by atoms with Gasteiger partial charge in [-0.25, -0.2) is 4.39 Å². The molecule has 0 aliphatic rings. The van der Waals surface area contributed by atoms with E-state index in [9.17, 15) is 4.39 Å². The third-order valence-corrected chi connectivity index (χ3v) is 3.24. The average Bonchev–Trinajstić information content (AvgIpc) is 2.40. The molecule has 1 atom stereocenters. The lowest BCUT2D eigenvalue weighted by molar-refractivity contribution is 0.594. The van der Waals surface area contributed by atoms with Crippen molar-refractivity contribution in [2.75, 3.05) is 11.9 Å². The molecule has 2 nitrogen and oxygen atoms in total. The van der Waals surface area contributed by atoms with Gasteiger partial charge >= 0.3 is 0 Å². The molecule has 0 bridgehead atoms. The highest BCUT2D eigenvalue weighted by Gasteiger charge is 2.16. The maximum atomic E-state index is 14.0. The van der Waals surface area contributed by atoms with E-state index in [-0.39, 0.29) is 17.6 Å². The van der Waals surface area contributed by atoms with Crippen LogP contribution in [0.1, 0.15) is 17.2 Å². The zero-order valence-electron chi connectivity index (χ0n) is 10.7. The Morgan fingerprint density at radius 3 is 2.68 bits per heavy atom. The van der Waals surface area contributed by atoms with E-state index in [1.165, 1.54) is 6.07 Å². The van der Waals surface area contributed by atoms with Crippen LogP contribution in [0.15, 0.2) is 42.5 Å². The van der Waals surface area contributed by atoms with E-state index >= 15 is 0 Å². The largest absolute Gasteiger partial charge is 0.377 e. The van der Waals surface area contributed by atoms with Crippen LogP contribution in [0.4, 0.5) is 10.1 Å². The van der Waals surface area contributed by atoms with Gasteiger partial charge in [0.2, 0.25) is 0 Å². The molecule has 0 aromatic heterocycles. The fourth-order valence-electron chi connectivity index (χ4n) is 1.99. The van der Waals surface area contributed by atoms with Gasteiger partial charge in [0.1, 0.15) is 5.82 Å². The smallest absolute Gasteiger partial charge is 0.147 e. The summed E-state index contributed by atoms with van der Waals surface area (Å²) in [6.07, 6.45) is 0. The summed E-state index contributed by atoms with van der Waals surface area (Å²) in [4.78, 5) is 0. The Hall–Kier alpha value is -1.58. The number of nitrogens with one attached hydrogen (secondary N) is 1. The van der Waals surface area contributed by atoms with Crippen LogP contribution in [0, 0.1) is 12.7 Å². The van der Waals surface area contributed by atoms with E-state index < -0.39 is 5.82 Å². The van der Waals surface area contributed by atoms with Gasteiger partial charge in [0.15, 0.2) is 0 Å². The molecule has 0 heterocycles. The monoisotopic (exact) mass is 278 g/mol. The van der Waals surface area contributed by atoms with E-state index in [0.29, 0.717) is 5.56 Å². The minimum atomic E-state index is -0.417. The molecular formula is C15H16ClFN2. The minimum Gasteiger partial charge on any atom is -0.377 e. The third kappa shape index (κ3) is 3.25. The molecule has 3 N–H and O–H groups in total.